The fourth-order valence-electron chi connectivity index (χ4n) is 3.06. The van der Waals surface area contributed by atoms with Crippen LogP contribution in [0.4, 0.5) is 0 Å². The molecule has 2 aromatic carbocycles. The lowest BCUT2D eigenvalue weighted by Crippen LogP contribution is -2.55. The lowest BCUT2D eigenvalue weighted by Gasteiger charge is -2.26. The monoisotopic (exact) mass is 428 g/mol. The molecule has 0 heterocycles. The van der Waals surface area contributed by atoms with Crippen LogP contribution in [0, 0.1) is 5.92 Å². The van der Waals surface area contributed by atoms with Crippen molar-refractivity contribution in [1.82, 2.24) is 10.8 Å². The van der Waals surface area contributed by atoms with Gasteiger partial charge in [0.15, 0.2) is 6.10 Å². The molecular formula is C22H29BN2O6. The molecular weight excluding hydrogens is 399 g/mol. The first-order valence-corrected chi connectivity index (χ1v) is 10.2. The standard InChI is InChI=1S/C22H29BN2O6/c1-15(2)13-19(23(29)30)24-21(27)20(26)18(14-16-9-5-3-6-10-16)25-31-22(28)17-11-7-4-8-12-17/h3-12,15,18-20,25-26,29-30H,13-14H2,1-2H3,(H,24,27)/t18-,19+,20+/m1/s1. The summed E-state index contributed by atoms with van der Waals surface area (Å²) >= 11 is 0. The van der Waals surface area contributed by atoms with Gasteiger partial charge in [-0.05, 0) is 36.5 Å². The minimum absolute atomic E-state index is 0.0920. The lowest BCUT2D eigenvalue weighted by molar-refractivity contribution is -0.133. The van der Waals surface area contributed by atoms with Gasteiger partial charge in [0.2, 0.25) is 5.91 Å². The molecule has 1 amide bonds. The third-order valence-electron chi connectivity index (χ3n) is 4.67. The second-order valence-corrected chi connectivity index (χ2v) is 7.77. The Labute approximate surface area is 182 Å². The van der Waals surface area contributed by atoms with Crippen LogP contribution in [0.15, 0.2) is 60.7 Å². The van der Waals surface area contributed by atoms with E-state index in [0.717, 1.165) is 5.56 Å². The third-order valence-corrected chi connectivity index (χ3v) is 4.67. The number of aliphatic hydroxyl groups is 1. The van der Waals surface area contributed by atoms with Gasteiger partial charge in [0.05, 0.1) is 17.5 Å². The molecule has 8 nitrogen and oxygen atoms in total. The first-order valence-electron chi connectivity index (χ1n) is 10.2. The largest absolute Gasteiger partial charge is 0.475 e. The van der Waals surface area contributed by atoms with Gasteiger partial charge in [0, 0.05) is 0 Å². The molecule has 0 spiro atoms. The molecule has 31 heavy (non-hydrogen) atoms. The van der Waals surface area contributed by atoms with Gasteiger partial charge >= 0.3 is 13.1 Å². The van der Waals surface area contributed by atoms with Crippen molar-refractivity contribution in [3.8, 4) is 0 Å². The van der Waals surface area contributed by atoms with E-state index in [1.165, 1.54) is 0 Å². The molecule has 0 radical (unpaired) electrons. The van der Waals surface area contributed by atoms with E-state index in [-0.39, 0.29) is 12.3 Å². The van der Waals surface area contributed by atoms with Crippen molar-refractivity contribution >= 4 is 19.0 Å². The van der Waals surface area contributed by atoms with Crippen LogP contribution in [-0.2, 0) is 16.1 Å². The van der Waals surface area contributed by atoms with Gasteiger partial charge < -0.3 is 25.3 Å². The summed E-state index contributed by atoms with van der Waals surface area (Å²) in [6, 6.07) is 16.4. The molecule has 2 aromatic rings. The number of hydrogen-bond acceptors (Lipinski definition) is 7. The average molecular weight is 428 g/mol. The van der Waals surface area contributed by atoms with Crippen LogP contribution in [0.25, 0.3) is 0 Å². The Morgan fingerprint density at radius 2 is 1.58 bits per heavy atom. The first-order chi connectivity index (χ1) is 14.8. The SMILES string of the molecule is CC(C)C[C@H](NC(=O)[C@@H](O)[C@@H](Cc1ccccc1)NOC(=O)c1ccccc1)B(O)O. The summed E-state index contributed by atoms with van der Waals surface area (Å²) in [5.41, 5.74) is 3.63. The fraction of sp³-hybridized carbons (Fsp3) is 0.364. The minimum Gasteiger partial charge on any atom is -0.426 e. The topological polar surface area (TPSA) is 128 Å². The number of carbonyl (C=O) groups excluding carboxylic acids is 2. The molecule has 0 aromatic heterocycles. The zero-order valence-corrected chi connectivity index (χ0v) is 17.6. The zero-order valence-electron chi connectivity index (χ0n) is 17.6. The summed E-state index contributed by atoms with van der Waals surface area (Å²) in [4.78, 5) is 30.0. The van der Waals surface area contributed by atoms with E-state index in [1.54, 1.807) is 30.3 Å². The van der Waals surface area contributed by atoms with Crippen LogP contribution < -0.4 is 10.8 Å². The van der Waals surface area contributed by atoms with Crippen molar-refractivity contribution < 1.29 is 29.6 Å². The number of benzene rings is 2. The van der Waals surface area contributed by atoms with Gasteiger partial charge in [-0.3, -0.25) is 4.79 Å². The summed E-state index contributed by atoms with van der Waals surface area (Å²) in [5, 5.41) is 32.2. The highest BCUT2D eigenvalue weighted by molar-refractivity contribution is 6.43. The molecule has 2 rings (SSSR count). The Hall–Kier alpha value is -2.72. The highest BCUT2D eigenvalue weighted by Gasteiger charge is 2.32. The average Bonchev–Trinajstić information content (AvgIpc) is 2.76. The molecule has 0 aliphatic heterocycles. The summed E-state index contributed by atoms with van der Waals surface area (Å²) in [6.07, 6.45) is -1.11. The molecule has 0 fully saturated rings. The van der Waals surface area contributed by atoms with E-state index in [1.807, 2.05) is 44.2 Å². The number of nitrogens with one attached hydrogen (secondary N) is 2. The van der Waals surface area contributed by atoms with Crippen LogP contribution in [0.5, 0.6) is 0 Å². The second-order valence-electron chi connectivity index (χ2n) is 7.77. The predicted molar refractivity (Wildman–Crippen MR) is 117 cm³/mol. The van der Waals surface area contributed by atoms with Crippen LogP contribution in [0.2, 0.25) is 0 Å². The summed E-state index contributed by atoms with van der Waals surface area (Å²) in [7, 11) is -1.77. The van der Waals surface area contributed by atoms with Crippen LogP contribution in [0.3, 0.4) is 0 Å². The normalized spacial score (nSPS) is 13.9. The number of aliphatic hydroxyl groups excluding tert-OH is 1. The van der Waals surface area contributed by atoms with Gasteiger partial charge in [0.1, 0.15) is 0 Å². The molecule has 0 unspecified atom stereocenters. The first kappa shape index (κ1) is 24.6. The summed E-state index contributed by atoms with van der Waals surface area (Å²) in [5.74, 6) is -2.31. The Morgan fingerprint density at radius 3 is 2.13 bits per heavy atom. The Bertz CT molecular complexity index is 819. The minimum atomic E-state index is -1.77. The van der Waals surface area contributed by atoms with E-state index in [4.69, 9.17) is 4.84 Å². The Balaban J connectivity index is 2.10. The molecule has 0 bridgehead atoms. The predicted octanol–water partition coefficient (Wildman–Crippen LogP) is 0.863. The smallest absolute Gasteiger partial charge is 0.426 e. The molecule has 5 N–H and O–H groups in total. The van der Waals surface area contributed by atoms with Crippen molar-refractivity contribution in [2.24, 2.45) is 5.92 Å². The van der Waals surface area contributed by atoms with Gasteiger partial charge in [0.25, 0.3) is 0 Å². The van der Waals surface area contributed by atoms with Crippen LogP contribution in [0.1, 0.15) is 36.2 Å². The van der Waals surface area contributed by atoms with Crippen molar-refractivity contribution in [3.63, 3.8) is 0 Å². The van der Waals surface area contributed by atoms with Gasteiger partial charge in [-0.25, -0.2) is 4.79 Å². The van der Waals surface area contributed by atoms with Crippen molar-refractivity contribution in [2.75, 3.05) is 0 Å². The molecule has 0 saturated heterocycles. The zero-order chi connectivity index (χ0) is 22.8. The van der Waals surface area contributed by atoms with E-state index >= 15 is 0 Å². The maximum atomic E-state index is 12.6. The Morgan fingerprint density at radius 1 is 1.00 bits per heavy atom. The molecule has 0 saturated carbocycles. The van der Waals surface area contributed by atoms with Crippen LogP contribution in [-0.4, -0.2) is 52.2 Å². The van der Waals surface area contributed by atoms with E-state index in [0.29, 0.717) is 12.0 Å². The van der Waals surface area contributed by atoms with Crippen molar-refractivity contribution in [3.05, 3.63) is 71.8 Å². The van der Waals surface area contributed by atoms with Crippen LogP contribution >= 0.6 is 0 Å². The number of hydroxylamine groups is 1. The van der Waals surface area contributed by atoms with Crippen molar-refractivity contribution in [1.29, 1.82) is 0 Å². The van der Waals surface area contributed by atoms with Gasteiger partial charge in [-0.15, -0.1) is 5.48 Å². The van der Waals surface area contributed by atoms with Crippen molar-refractivity contribution in [2.45, 2.75) is 44.8 Å². The number of rotatable bonds is 11. The molecule has 3 atom stereocenters. The molecule has 166 valence electrons. The van der Waals surface area contributed by atoms with E-state index in [2.05, 4.69) is 10.8 Å². The highest BCUT2D eigenvalue weighted by Crippen LogP contribution is 2.10. The number of carbonyl (C=O) groups is 2. The molecule has 0 aliphatic carbocycles. The second kappa shape index (κ2) is 12.2. The highest BCUT2D eigenvalue weighted by atomic mass is 16.7. The van der Waals surface area contributed by atoms with E-state index < -0.39 is 37.1 Å². The lowest BCUT2D eigenvalue weighted by atomic mass is 9.75. The molecule has 9 heteroatoms. The molecule has 0 aliphatic rings. The fourth-order valence-corrected chi connectivity index (χ4v) is 3.06. The number of hydrogen-bond donors (Lipinski definition) is 5. The van der Waals surface area contributed by atoms with E-state index in [9.17, 15) is 24.7 Å². The third kappa shape index (κ3) is 8.14. The summed E-state index contributed by atoms with van der Waals surface area (Å²) < 4.78 is 0. The maximum Gasteiger partial charge on any atom is 0.475 e. The maximum absolute atomic E-state index is 12.6. The Kier molecular flexibility index (Phi) is 9.67. The quantitative estimate of drug-likeness (QED) is 0.265. The van der Waals surface area contributed by atoms with Gasteiger partial charge in [-0.2, -0.15) is 0 Å². The summed E-state index contributed by atoms with van der Waals surface area (Å²) in [6.45, 7) is 3.75. The van der Waals surface area contributed by atoms with Gasteiger partial charge in [-0.1, -0.05) is 62.4 Å². The number of amides is 1.